The number of carbonyl (C=O) groups is 3. The van der Waals surface area contributed by atoms with Gasteiger partial charge in [-0.3, -0.25) is 9.59 Å². The van der Waals surface area contributed by atoms with Crippen LogP contribution in [-0.4, -0.2) is 41.5 Å². The van der Waals surface area contributed by atoms with Gasteiger partial charge in [0.25, 0.3) is 0 Å². The number of carboxylic acid groups (broad SMARTS) is 1. The Morgan fingerprint density at radius 2 is 1.71 bits per heavy atom. The van der Waals surface area contributed by atoms with Gasteiger partial charge < -0.3 is 21.5 Å². The van der Waals surface area contributed by atoms with Crippen LogP contribution in [0, 0.1) is 5.92 Å². The molecule has 7 heteroatoms. The van der Waals surface area contributed by atoms with E-state index in [1.54, 1.807) is 13.8 Å². The minimum atomic E-state index is -1.11. The molecule has 0 fully saturated rings. The van der Waals surface area contributed by atoms with Gasteiger partial charge in [-0.25, -0.2) is 4.79 Å². The Hall–Kier alpha value is -1.63. The molecule has 0 bridgehead atoms. The van der Waals surface area contributed by atoms with Gasteiger partial charge in [0, 0.05) is 0 Å². The Balaban J connectivity index is 4.41. The second-order valence-corrected chi connectivity index (χ2v) is 4.06. The molecule has 2 atom stereocenters. The highest BCUT2D eigenvalue weighted by atomic mass is 16.4. The minimum absolute atomic E-state index is 0.218. The van der Waals surface area contributed by atoms with Gasteiger partial charge in [-0.2, -0.15) is 0 Å². The lowest BCUT2D eigenvalue weighted by molar-refractivity contribution is -0.143. The average Bonchev–Trinajstić information content (AvgIpc) is 2.23. The van der Waals surface area contributed by atoms with E-state index in [1.165, 1.54) is 6.92 Å². The normalized spacial score (nSPS) is 13.9. The van der Waals surface area contributed by atoms with Crippen LogP contribution in [0.15, 0.2) is 0 Å². The van der Waals surface area contributed by atoms with E-state index in [1.807, 2.05) is 0 Å². The number of carboxylic acids is 1. The van der Waals surface area contributed by atoms with Crippen LogP contribution >= 0.6 is 0 Å². The van der Waals surface area contributed by atoms with Gasteiger partial charge >= 0.3 is 5.97 Å². The number of amides is 2. The fourth-order valence-electron chi connectivity index (χ4n) is 1.16. The van der Waals surface area contributed by atoms with Crippen LogP contribution in [0.5, 0.6) is 0 Å². The SMILES string of the molecule is CC(C)[C@H](NC(=O)[C@@H](C)NC(=O)CN)C(=O)O. The van der Waals surface area contributed by atoms with Crippen molar-refractivity contribution in [1.29, 1.82) is 0 Å². The number of nitrogens with two attached hydrogens (primary N) is 1. The van der Waals surface area contributed by atoms with Gasteiger partial charge in [0.15, 0.2) is 0 Å². The molecule has 0 radical (unpaired) electrons. The van der Waals surface area contributed by atoms with E-state index in [0.29, 0.717) is 0 Å². The average molecular weight is 245 g/mol. The van der Waals surface area contributed by atoms with Gasteiger partial charge in [-0.05, 0) is 12.8 Å². The van der Waals surface area contributed by atoms with E-state index < -0.39 is 29.9 Å². The summed E-state index contributed by atoms with van der Waals surface area (Å²) in [7, 11) is 0. The van der Waals surface area contributed by atoms with Crippen LogP contribution in [0.2, 0.25) is 0 Å². The molecule has 0 aliphatic rings. The summed E-state index contributed by atoms with van der Waals surface area (Å²) in [5.74, 6) is -2.36. The summed E-state index contributed by atoms with van der Waals surface area (Å²) < 4.78 is 0. The monoisotopic (exact) mass is 245 g/mol. The second kappa shape index (κ2) is 6.85. The fourth-order valence-corrected chi connectivity index (χ4v) is 1.16. The molecule has 0 aliphatic heterocycles. The summed E-state index contributed by atoms with van der Waals surface area (Å²) >= 11 is 0. The lowest BCUT2D eigenvalue weighted by Gasteiger charge is -2.20. The Morgan fingerprint density at radius 1 is 1.18 bits per heavy atom. The summed E-state index contributed by atoms with van der Waals surface area (Å²) in [6, 6.07) is -1.79. The third-order valence-electron chi connectivity index (χ3n) is 2.19. The molecule has 0 aromatic heterocycles. The van der Waals surface area contributed by atoms with Gasteiger partial charge in [-0.1, -0.05) is 13.8 Å². The molecule has 0 saturated carbocycles. The van der Waals surface area contributed by atoms with Gasteiger partial charge in [0.2, 0.25) is 11.8 Å². The zero-order chi connectivity index (χ0) is 13.6. The van der Waals surface area contributed by atoms with E-state index in [2.05, 4.69) is 10.6 Å². The maximum Gasteiger partial charge on any atom is 0.326 e. The molecular weight excluding hydrogens is 226 g/mol. The van der Waals surface area contributed by atoms with Crippen LogP contribution in [0.4, 0.5) is 0 Å². The van der Waals surface area contributed by atoms with E-state index in [9.17, 15) is 14.4 Å². The largest absolute Gasteiger partial charge is 0.480 e. The first-order valence-corrected chi connectivity index (χ1v) is 5.32. The molecule has 0 aromatic carbocycles. The topological polar surface area (TPSA) is 122 Å². The van der Waals surface area contributed by atoms with Crippen LogP contribution in [0.3, 0.4) is 0 Å². The lowest BCUT2D eigenvalue weighted by Crippen LogP contribution is -2.52. The molecule has 98 valence electrons. The molecule has 17 heavy (non-hydrogen) atoms. The van der Waals surface area contributed by atoms with Crippen molar-refractivity contribution < 1.29 is 19.5 Å². The fraction of sp³-hybridized carbons (Fsp3) is 0.700. The second-order valence-electron chi connectivity index (χ2n) is 4.06. The van der Waals surface area contributed by atoms with Gasteiger partial charge in [0.1, 0.15) is 12.1 Å². The molecule has 0 rings (SSSR count). The van der Waals surface area contributed by atoms with Crippen molar-refractivity contribution in [2.24, 2.45) is 11.7 Å². The molecule has 7 nitrogen and oxygen atoms in total. The third kappa shape index (κ3) is 5.30. The van der Waals surface area contributed by atoms with E-state index in [-0.39, 0.29) is 12.5 Å². The number of nitrogens with one attached hydrogen (secondary N) is 2. The van der Waals surface area contributed by atoms with Crippen molar-refractivity contribution in [3.8, 4) is 0 Å². The molecule has 0 aromatic rings. The predicted molar refractivity (Wildman–Crippen MR) is 61.1 cm³/mol. The highest BCUT2D eigenvalue weighted by Gasteiger charge is 2.25. The van der Waals surface area contributed by atoms with Crippen molar-refractivity contribution in [3.63, 3.8) is 0 Å². The Labute approximate surface area is 99.7 Å². The molecule has 0 aliphatic carbocycles. The van der Waals surface area contributed by atoms with Crippen molar-refractivity contribution in [1.82, 2.24) is 10.6 Å². The first-order chi connectivity index (χ1) is 7.79. The zero-order valence-corrected chi connectivity index (χ0v) is 10.2. The van der Waals surface area contributed by atoms with Gasteiger partial charge in [0.05, 0.1) is 6.54 Å². The summed E-state index contributed by atoms with van der Waals surface area (Å²) in [6.45, 7) is 4.61. The van der Waals surface area contributed by atoms with Crippen molar-refractivity contribution in [3.05, 3.63) is 0 Å². The molecular formula is C10H19N3O4. The lowest BCUT2D eigenvalue weighted by atomic mass is 10.0. The third-order valence-corrected chi connectivity index (χ3v) is 2.19. The number of hydrogen-bond donors (Lipinski definition) is 4. The molecule has 0 unspecified atom stereocenters. The van der Waals surface area contributed by atoms with Crippen LogP contribution < -0.4 is 16.4 Å². The standard InChI is InChI=1S/C10H19N3O4/c1-5(2)8(10(16)17)13-9(15)6(3)12-7(14)4-11/h5-6,8H,4,11H2,1-3H3,(H,12,14)(H,13,15)(H,16,17)/t6-,8+/m1/s1. The Morgan fingerprint density at radius 3 is 2.06 bits per heavy atom. The van der Waals surface area contributed by atoms with Crippen LogP contribution in [0.1, 0.15) is 20.8 Å². The molecule has 0 saturated heterocycles. The van der Waals surface area contributed by atoms with Crippen molar-refractivity contribution >= 4 is 17.8 Å². The highest BCUT2D eigenvalue weighted by molar-refractivity contribution is 5.90. The van der Waals surface area contributed by atoms with Crippen molar-refractivity contribution in [2.75, 3.05) is 6.54 Å². The highest BCUT2D eigenvalue weighted by Crippen LogP contribution is 2.02. The molecule has 0 spiro atoms. The minimum Gasteiger partial charge on any atom is -0.480 e. The smallest absolute Gasteiger partial charge is 0.326 e. The van der Waals surface area contributed by atoms with E-state index in [0.717, 1.165) is 0 Å². The molecule has 0 heterocycles. The summed E-state index contributed by atoms with van der Waals surface area (Å²) in [5, 5.41) is 13.6. The number of aliphatic carboxylic acids is 1. The van der Waals surface area contributed by atoms with E-state index in [4.69, 9.17) is 10.8 Å². The Kier molecular flexibility index (Phi) is 6.19. The van der Waals surface area contributed by atoms with E-state index >= 15 is 0 Å². The van der Waals surface area contributed by atoms with Gasteiger partial charge in [-0.15, -0.1) is 0 Å². The summed E-state index contributed by atoms with van der Waals surface area (Å²) in [5.41, 5.74) is 5.08. The zero-order valence-electron chi connectivity index (χ0n) is 10.2. The quantitative estimate of drug-likeness (QED) is 0.462. The first-order valence-electron chi connectivity index (χ1n) is 5.32. The first kappa shape index (κ1) is 15.4. The summed E-state index contributed by atoms with van der Waals surface area (Å²) in [4.78, 5) is 33.4. The summed E-state index contributed by atoms with van der Waals surface area (Å²) in [6.07, 6.45) is 0. The van der Waals surface area contributed by atoms with Crippen LogP contribution in [-0.2, 0) is 14.4 Å². The number of hydrogen-bond acceptors (Lipinski definition) is 4. The molecule has 5 N–H and O–H groups in total. The number of rotatable bonds is 6. The predicted octanol–water partition coefficient (Wildman–Crippen LogP) is -1.32. The number of carbonyl (C=O) groups excluding carboxylic acids is 2. The maximum atomic E-state index is 11.6. The maximum absolute atomic E-state index is 11.6. The Bertz CT molecular complexity index is 304. The van der Waals surface area contributed by atoms with Crippen LogP contribution in [0.25, 0.3) is 0 Å². The molecule has 2 amide bonds. The van der Waals surface area contributed by atoms with Crippen molar-refractivity contribution in [2.45, 2.75) is 32.9 Å².